The fourth-order valence-electron chi connectivity index (χ4n) is 3.83. The Balaban J connectivity index is 1.35. The number of aromatic nitrogens is 3. The lowest BCUT2D eigenvalue weighted by Gasteiger charge is -2.44. The molecule has 8 nitrogen and oxygen atoms in total. The zero-order valence-corrected chi connectivity index (χ0v) is 17.6. The van der Waals surface area contributed by atoms with Gasteiger partial charge in [0.15, 0.2) is 5.17 Å². The number of fused-ring (bicyclic) bond motifs is 1. The van der Waals surface area contributed by atoms with Crippen molar-refractivity contribution in [3.05, 3.63) is 34.2 Å². The fourth-order valence-corrected chi connectivity index (χ4v) is 5.81. The maximum atomic E-state index is 12.5. The van der Waals surface area contributed by atoms with Crippen LogP contribution < -0.4 is 11.1 Å². The molecule has 5 rings (SSSR count). The van der Waals surface area contributed by atoms with Crippen LogP contribution in [0.25, 0.3) is 0 Å². The maximum absolute atomic E-state index is 12.5. The van der Waals surface area contributed by atoms with Crippen molar-refractivity contribution in [2.45, 2.75) is 43.7 Å². The molecule has 0 bridgehead atoms. The average Bonchev–Trinajstić information content (AvgIpc) is 3.47. The second-order valence-electron chi connectivity index (χ2n) is 7.83. The van der Waals surface area contributed by atoms with Gasteiger partial charge in [0.05, 0.1) is 24.6 Å². The highest BCUT2D eigenvalue weighted by molar-refractivity contribution is 8.13. The van der Waals surface area contributed by atoms with Crippen LogP contribution in [0.5, 0.6) is 0 Å². The Morgan fingerprint density at radius 1 is 1.34 bits per heavy atom. The van der Waals surface area contributed by atoms with Gasteiger partial charge in [0, 0.05) is 29.2 Å². The number of aliphatic imine (C=N–C) groups is 1. The second kappa shape index (κ2) is 7.33. The predicted molar refractivity (Wildman–Crippen MR) is 113 cm³/mol. The van der Waals surface area contributed by atoms with Gasteiger partial charge in [-0.2, -0.15) is 0 Å². The molecule has 3 atom stereocenters. The lowest BCUT2D eigenvalue weighted by molar-refractivity contribution is -0.0466. The minimum Gasteiger partial charge on any atom is -0.379 e. The summed E-state index contributed by atoms with van der Waals surface area (Å²) < 4.78 is 5.94. The molecule has 1 aliphatic carbocycles. The molecule has 29 heavy (non-hydrogen) atoms. The molecule has 2 fully saturated rings. The number of anilines is 1. The summed E-state index contributed by atoms with van der Waals surface area (Å²) in [6.07, 6.45) is 6.63. The first kappa shape index (κ1) is 19.0. The van der Waals surface area contributed by atoms with Crippen LogP contribution in [-0.4, -0.2) is 44.5 Å². The Morgan fingerprint density at radius 2 is 2.21 bits per heavy atom. The number of hydrogen-bond donors (Lipinski definition) is 2. The number of thiazole rings is 1. The van der Waals surface area contributed by atoms with Crippen molar-refractivity contribution in [2.75, 3.05) is 17.7 Å². The average molecular weight is 431 g/mol. The van der Waals surface area contributed by atoms with E-state index < -0.39 is 5.54 Å². The summed E-state index contributed by atoms with van der Waals surface area (Å²) in [5, 5.41) is 6.04. The SMILES string of the molecule is C[C@H]1C[C@H]2CSC(N)=N[C@@]2(c2nc(NC(=O)c3cnc(C4CC4)cn3)cs2)CO1. The van der Waals surface area contributed by atoms with Crippen molar-refractivity contribution in [3.8, 4) is 0 Å². The molecule has 152 valence electrons. The molecule has 0 unspecified atom stereocenters. The van der Waals surface area contributed by atoms with E-state index in [0.717, 1.165) is 35.7 Å². The lowest BCUT2D eigenvalue weighted by atomic mass is 9.80. The van der Waals surface area contributed by atoms with Gasteiger partial charge < -0.3 is 15.8 Å². The number of nitrogens with one attached hydrogen (secondary N) is 1. The van der Waals surface area contributed by atoms with E-state index in [1.807, 2.05) is 5.38 Å². The van der Waals surface area contributed by atoms with Gasteiger partial charge in [-0.15, -0.1) is 11.3 Å². The van der Waals surface area contributed by atoms with Gasteiger partial charge in [-0.05, 0) is 26.2 Å². The molecule has 1 saturated carbocycles. The van der Waals surface area contributed by atoms with Crippen molar-refractivity contribution in [1.82, 2.24) is 15.0 Å². The van der Waals surface area contributed by atoms with Crippen molar-refractivity contribution >= 4 is 40.0 Å². The van der Waals surface area contributed by atoms with Crippen LogP contribution in [0.1, 0.15) is 53.3 Å². The third-order valence-corrected chi connectivity index (χ3v) is 7.60. The highest BCUT2D eigenvalue weighted by Crippen LogP contribution is 2.47. The van der Waals surface area contributed by atoms with Crippen molar-refractivity contribution in [2.24, 2.45) is 16.6 Å². The number of amidine groups is 1. The quantitative estimate of drug-likeness (QED) is 0.766. The minimum atomic E-state index is -0.568. The zero-order chi connectivity index (χ0) is 20.0. The van der Waals surface area contributed by atoms with Crippen molar-refractivity contribution < 1.29 is 9.53 Å². The highest BCUT2D eigenvalue weighted by atomic mass is 32.2. The smallest absolute Gasteiger partial charge is 0.277 e. The molecule has 4 heterocycles. The van der Waals surface area contributed by atoms with Crippen LogP contribution in [-0.2, 0) is 10.3 Å². The van der Waals surface area contributed by atoms with Gasteiger partial charge >= 0.3 is 0 Å². The minimum absolute atomic E-state index is 0.194. The number of rotatable bonds is 4. The summed E-state index contributed by atoms with van der Waals surface area (Å²) in [6, 6.07) is 0. The van der Waals surface area contributed by atoms with Gasteiger partial charge in [-0.3, -0.25) is 9.78 Å². The van der Waals surface area contributed by atoms with Gasteiger partial charge in [0.2, 0.25) is 0 Å². The second-order valence-corrected chi connectivity index (χ2v) is 9.73. The van der Waals surface area contributed by atoms with Crippen LogP contribution in [0.2, 0.25) is 0 Å². The van der Waals surface area contributed by atoms with Crippen molar-refractivity contribution in [3.63, 3.8) is 0 Å². The summed E-state index contributed by atoms with van der Waals surface area (Å²) in [5.41, 5.74) is 6.72. The molecular weight excluding hydrogens is 408 g/mol. The van der Waals surface area contributed by atoms with E-state index in [4.69, 9.17) is 15.5 Å². The van der Waals surface area contributed by atoms with Crippen LogP contribution >= 0.6 is 23.1 Å². The monoisotopic (exact) mass is 430 g/mol. The molecule has 10 heteroatoms. The summed E-state index contributed by atoms with van der Waals surface area (Å²) in [6.45, 7) is 2.54. The predicted octanol–water partition coefficient (Wildman–Crippen LogP) is 2.74. The Labute approximate surface area is 176 Å². The standard InChI is InChI=1S/C19H22N6O2S2/c1-10-4-12-7-29-18(20)25-19(12,9-27-10)17-24-15(8-28-17)23-16(26)14-6-21-13(5-22-14)11-2-3-11/h5-6,8,10-12H,2-4,7,9H2,1H3,(H2,20,25)(H,23,26)/t10-,12-,19-/m0/s1. The number of amides is 1. The summed E-state index contributed by atoms with van der Waals surface area (Å²) in [5.74, 6) is 1.88. The Hall–Kier alpha value is -2.04. The Kier molecular flexibility index (Phi) is 4.79. The van der Waals surface area contributed by atoms with E-state index in [1.54, 1.807) is 18.0 Å². The van der Waals surface area contributed by atoms with Gasteiger partial charge in [-0.25, -0.2) is 15.0 Å². The largest absolute Gasteiger partial charge is 0.379 e. The number of nitrogens with two attached hydrogens (primary N) is 1. The number of carbonyl (C=O) groups excluding carboxylic acids is 1. The lowest BCUT2D eigenvalue weighted by Crippen LogP contribution is -2.49. The molecular formula is C19H22N6O2S2. The number of ether oxygens (including phenoxy) is 1. The highest BCUT2D eigenvalue weighted by Gasteiger charge is 2.49. The molecule has 0 aromatic carbocycles. The van der Waals surface area contributed by atoms with Gasteiger partial charge in [-0.1, -0.05) is 11.8 Å². The van der Waals surface area contributed by atoms with E-state index in [2.05, 4.69) is 27.2 Å². The topological polar surface area (TPSA) is 115 Å². The van der Waals surface area contributed by atoms with E-state index in [0.29, 0.717) is 29.4 Å². The van der Waals surface area contributed by atoms with Gasteiger partial charge in [0.25, 0.3) is 5.91 Å². The number of hydrogen-bond acceptors (Lipinski definition) is 9. The normalized spacial score (nSPS) is 29.1. The van der Waals surface area contributed by atoms with E-state index in [9.17, 15) is 4.79 Å². The number of thioether (sulfide) groups is 1. The van der Waals surface area contributed by atoms with Crippen LogP contribution in [0.3, 0.4) is 0 Å². The summed E-state index contributed by atoms with van der Waals surface area (Å²) >= 11 is 3.06. The Bertz CT molecular complexity index is 958. The molecule has 2 aliphatic heterocycles. The molecule has 1 saturated heterocycles. The molecule has 1 amide bonds. The maximum Gasteiger partial charge on any atom is 0.277 e. The third-order valence-electron chi connectivity index (χ3n) is 5.64. The molecule has 0 radical (unpaired) electrons. The first-order chi connectivity index (χ1) is 14.0. The van der Waals surface area contributed by atoms with E-state index in [-0.39, 0.29) is 17.7 Å². The van der Waals surface area contributed by atoms with Gasteiger partial charge in [0.1, 0.15) is 22.1 Å². The molecule has 2 aromatic heterocycles. The Morgan fingerprint density at radius 3 is 2.97 bits per heavy atom. The van der Waals surface area contributed by atoms with E-state index >= 15 is 0 Å². The molecule has 2 aromatic rings. The van der Waals surface area contributed by atoms with E-state index in [1.165, 1.54) is 17.5 Å². The third kappa shape index (κ3) is 3.64. The molecule has 3 N–H and O–H groups in total. The van der Waals surface area contributed by atoms with Crippen LogP contribution in [0.4, 0.5) is 5.82 Å². The number of carbonyl (C=O) groups is 1. The van der Waals surface area contributed by atoms with Crippen LogP contribution in [0.15, 0.2) is 22.8 Å². The summed E-state index contributed by atoms with van der Waals surface area (Å²) in [4.78, 5) is 30.6. The molecule has 3 aliphatic rings. The van der Waals surface area contributed by atoms with Crippen LogP contribution in [0, 0.1) is 5.92 Å². The summed E-state index contributed by atoms with van der Waals surface area (Å²) in [7, 11) is 0. The zero-order valence-electron chi connectivity index (χ0n) is 16.0. The number of nitrogens with zero attached hydrogens (tertiary/aromatic N) is 4. The fraction of sp³-hybridized carbons (Fsp3) is 0.526. The van der Waals surface area contributed by atoms with Crippen molar-refractivity contribution in [1.29, 1.82) is 0 Å². The molecule has 0 spiro atoms. The first-order valence-corrected chi connectivity index (χ1v) is 11.6. The first-order valence-electron chi connectivity index (χ1n) is 9.72.